The molecular formula is C10H22N2O6. The normalized spacial score (nSPS) is 14.7. The van der Waals surface area contributed by atoms with Gasteiger partial charge in [-0.3, -0.25) is 0 Å². The largest absolute Gasteiger partial charge is 0.579 e. The molecule has 8 nitrogen and oxygen atoms in total. The van der Waals surface area contributed by atoms with Crippen LogP contribution in [0.2, 0.25) is 0 Å². The molecule has 0 saturated carbocycles. The molecule has 0 bridgehead atoms. The molecule has 18 heavy (non-hydrogen) atoms. The lowest BCUT2D eigenvalue weighted by molar-refractivity contribution is -1.15. The lowest BCUT2D eigenvalue weighted by Crippen LogP contribution is -3.14. The molecule has 0 aromatic rings. The van der Waals surface area contributed by atoms with Gasteiger partial charge in [0.2, 0.25) is 0 Å². The van der Waals surface area contributed by atoms with E-state index in [1.54, 1.807) is 20.8 Å². The van der Waals surface area contributed by atoms with E-state index in [4.69, 9.17) is 19.4 Å². The monoisotopic (exact) mass is 266 g/mol. The number of likely N-dealkylation sites (N-methyl/N-ethyl adjacent to an activating group) is 1. The molecule has 0 aliphatic heterocycles. The first-order chi connectivity index (χ1) is 8.40. The van der Waals surface area contributed by atoms with Gasteiger partial charge in [-0.15, -0.1) is 15.2 Å². The zero-order chi connectivity index (χ0) is 14.1. The number of rotatable bonds is 8. The number of hydrogen-bond donors (Lipinski definition) is 2. The van der Waals surface area contributed by atoms with Gasteiger partial charge in [0.25, 0.3) is 6.29 Å². The second kappa shape index (κ2) is 9.06. The van der Waals surface area contributed by atoms with E-state index in [2.05, 4.69) is 0 Å². The van der Waals surface area contributed by atoms with Gasteiger partial charge in [-0.2, -0.15) is 0 Å². The van der Waals surface area contributed by atoms with Crippen LogP contribution >= 0.6 is 0 Å². The summed E-state index contributed by atoms with van der Waals surface area (Å²) in [5.41, 5.74) is 0. The molecular weight excluding hydrogens is 244 g/mol. The molecule has 0 aromatic carbocycles. The molecule has 0 spiro atoms. The fourth-order valence-corrected chi connectivity index (χ4v) is 1.10. The number of quaternary nitrogens is 1. The van der Waals surface area contributed by atoms with E-state index in [1.807, 2.05) is 0 Å². The van der Waals surface area contributed by atoms with Gasteiger partial charge in [0.1, 0.15) is 0 Å². The Morgan fingerprint density at radius 3 is 2.44 bits per heavy atom. The Morgan fingerprint density at radius 2 is 2.00 bits per heavy atom. The van der Waals surface area contributed by atoms with E-state index < -0.39 is 17.8 Å². The standard InChI is InChI=1S/C10H22N2O6/c1-5-11(6-7-13)12(15)18-9(4)17-10(14)16-8(2)3/h8-9,12-13H,5-7H2,1-4H3. The highest BCUT2D eigenvalue weighted by Gasteiger charge is 2.19. The molecule has 0 fully saturated rings. The maximum absolute atomic E-state index is 11.5. The first kappa shape index (κ1) is 17.1. The summed E-state index contributed by atoms with van der Waals surface area (Å²) in [6, 6.07) is 0. The topological polar surface area (TPSA) is 95.7 Å². The van der Waals surface area contributed by atoms with E-state index >= 15 is 0 Å². The predicted molar refractivity (Wildman–Crippen MR) is 61.9 cm³/mol. The molecule has 0 rings (SSSR count). The quantitative estimate of drug-likeness (QED) is 0.345. The maximum atomic E-state index is 11.5. The van der Waals surface area contributed by atoms with Crippen LogP contribution in [0.3, 0.4) is 0 Å². The SMILES string of the molecule is CCN(CCO)[NH+]([O-])OC(C)OC(=O)OC(C)C. The third kappa shape index (κ3) is 7.41. The lowest BCUT2D eigenvalue weighted by Gasteiger charge is -2.30. The van der Waals surface area contributed by atoms with Gasteiger partial charge >= 0.3 is 6.16 Å². The van der Waals surface area contributed by atoms with Crippen LogP contribution < -0.4 is 5.34 Å². The Hall–Kier alpha value is -0.930. The Morgan fingerprint density at radius 1 is 1.39 bits per heavy atom. The van der Waals surface area contributed by atoms with Gasteiger partial charge in [0.05, 0.1) is 19.3 Å². The maximum Gasteiger partial charge on any atom is 0.511 e. The molecule has 0 heterocycles. The molecule has 2 unspecified atom stereocenters. The molecule has 2 N–H and O–H groups in total. The van der Waals surface area contributed by atoms with E-state index in [-0.39, 0.29) is 19.3 Å². The highest BCUT2D eigenvalue weighted by Crippen LogP contribution is 1.97. The van der Waals surface area contributed by atoms with E-state index in [9.17, 15) is 10.0 Å². The molecule has 108 valence electrons. The van der Waals surface area contributed by atoms with Crippen LogP contribution in [0.25, 0.3) is 0 Å². The molecule has 8 heteroatoms. The number of nitrogens with one attached hydrogen (secondary N) is 1. The van der Waals surface area contributed by atoms with E-state index in [0.29, 0.717) is 6.54 Å². The number of aliphatic hydroxyl groups is 1. The van der Waals surface area contributed by atoms with Crippen molar-refractivity contribution in [2.75, 3.05) is 19.7 Å². The van der Waals surface area contributed by atoms with Crippen molar-refractivity contribution < 1.29 is 29.5 Å². The smallest absolute Gasteiger partial charge is 0.511 e. The van der Waals surface area contributed by atoms with Crippen molar-refractivity contribution in [3.05, 3.63) is 5.21 Å². The van der Waals surface area contributed by atoms with Gasteiger partial charge in [0.15, 0.2) is 0 Å². The highest BCUT2D eigenvalue weighted by molar-refractivity contribution is 5.60. The van der Waals surface area contributed by atoms with Gasteiger partial charge in [-0.05, 0) is 20.8 Å². The number of ether oxygens (including phenoxy) is 2. The van der Waals surface area contributed by atoms with Crippen LogP contribution in [0.15, 0.2) is 0 Å². The summed E-state index contributed by atoms with van der Waals surface area (Å²) in [4.78, 5) is 16.0. The van der Waals surface area contributed by atoms with Gasteiger partial charge in [0, 0.05) is 13.5 Å². The molecule has 0 aliphatic rings. The van der Waals surface area contributed by atoms with E-state index in [1.165, 1.54) is 11.9 Å². The number of aliphatic hydroxyl groups excluding tert-OH is 1. The van der Waals surface area contributed by atoms with Crippen LogP contribution in [-0.2, 0) is 14.3 Å². The lowest BCUT2D eigenvalue weighted by atomic mass is 10.5. The number of nitrogens with zero attached hydrogens (tertiary/aromatic N) is 1. The van der Waals surface area contributed by atoms with Crippen LogP contribution in [0.4, 0.5) is 4.79 Å². The predicted octanol–water partition coefficient (Wildman–Crippen LogP) is -0.562. The summed E-state index contributed by atoms with van der Waals surface area (Å²) in [7, 11) is 0. The first-order valence-electron chi connectivity index (χ1n) is 5.84. The van der Waals surface area contributed by atoms with Crippen LogP contribution in [0, 0.1) is 5.21 Å². The van der Waals surface area contributed by atoms with Gasteiger partial charge in [-0.25, -0.2) is 4.79 Å². The van der Waals surface area contributed by atoms with Gasteiger partial charge in [-0.1, -0.05) is 0 Å². The minimum Gasteiger partial charge on any atom is -0.579 e. The van der Waals surface area contributed by atoms with Crippen molar-refractivity contribution in [3.63, 3.8) is 0 Å². The van der Waals surface area contributed by atoms with Crippen LogP contribution in [0.1, 0.15) is 27.7 Å². The second-order valence-corrected chi connectivity index (χ2v) is 3.79. The number of hydrogen-bond acceptors (Lipinski definition) is 7. The van der Waals surface area contributed by atoms with Gasteiger partial charge < -0.3 is 19.8 Å². The summed E-state index contributed by atoms with van der Waals surface area (Å²) < 4.78 is 9.44. The Bertz CT molecular complexity index is 238. The fourth-order valence-electron chi connectivity index (χ4n) is 1.10. The van der Waals surface area contributed by atoms with Crippen molar-refractivity contribution in [2.24, 2.45) is 0 Å². The third-order valence-electron chi connectivity index (χ3n) is 1.87. The Labute approximate surface area is 107 Å². The molecule has 2 atom stereocenters. The zero-order valence-electron chi connectivity index (χ0n) is 11.2. The zero-order valence-corrected chi connectivity index (χ0v) is 11.2. The Balaban J connectivity index is 4.05. The summed E-state index contributed by atoms with van der Waals surface area (Å²) in [6.07, 6.45) is -2.24. The summed E-state index contributed by atoms with van der Waals surface area (Å²) in [5, 5.41) is 20.9. The minimum absolute atomic E-state index is 0.159. The van der Waals surface area contributed by atoms with Crippen molar-refractivity contribution in [1.82, 2.24) is 5.01 Å². The molecule has 0 radical (unpaired) electrons. The highest BCUT2D eigenvalue weighted by atomic mass is 17.0. The summed E-state index contributed by atoms with van der Waals surface area (Å²) in [6.45, 7) is 6.91. The summed E-state index contributed by atoms with van der Waals surface area (Å²) >= 11 is 0. The second-order valence-electron chi connectivity index (χ2n) is 3.79. The first-order valence-corrected chi connectivity index (χ1v) is 5.84. The molecule has 0 amide bonds. The molecule has 0 saturated heterocycles. The Kier molecular flexibility index (Phi) is 8.59. The average Bonchev–Trinajstić information content (AvgIpc) is 2.23. The van der Waals surface area contributed by atoms with Crippen molar-refractivity contribution in [1.29, 1.82) is 0 Å². The summed E-state index contributed by atoms with van der Waals surface area (Å²) in [5.74, 6) is 0. The van der Waals surface area contributed by atoms with Crippen LogP contribution in [0.5, 0.6) is 0 Å². The van der Waals surface area contributed by atoms with Crippen molar-refractivity contribution in [2.45, 2.75) is 40.1 Å². The fraction of sp³-hybridized carbons (Fsp3) is 0.900. The average molecular weight is 266 g/mol. The molecule has 0 aromatic heterocycles. The van der Waals surface area contributed by atoms with Crippen molar-refractivity contribution >= 4 is 6.16 Å². The number of carbonyl (C=O) groups is 1. The van der Waals surface area contributed by atoms with E-state index in [0.717, 1.165) is 0 Å². The number of carbonyl (C=O) groups excluding carboxylic acids is 1. The molecule has 0 aliphatic carbocycles. The van der Waals surface area contributed by atoms with Crippen LogP contribution in [-0.4, -0.2) is 48.4 Å². The third-order valence-corrected chi connectivity index (χ3v) is 1.87. The minimum atomic E-state index is -1.04. The van der Waals surface area contributed by atoms with Crippen molar-refractivity contribution in [3.8, 4) is 0 Å².